The van der Waals surface area contributed by atoms with Crippen LogP contribution in [-0.2, 0) is 19.1 Å². The van der Waals surface area contributed by atoms with E-state index < -0.39 is 17.8 Å². The van der Waals surface area contributed by atoms with Crippen LogP contribution < -0.4 is 21.3 Å². The zero-order chi connectivity index (χ0) is 18.2. The van der Waals surface area contributed by atoms with Crippen molar-refractivity contribution in [3.63, 3.8) is 0 Å². The van der Waals surface area contributed by atoms with E-state index in [4.69, 9.17) is 15.2 Å². The van der Waals surface area contributed by atoms with Gasteiger partial charge in [-0.2, -0.15) is 0 Å². The normalized spacial score (nSPS) is 12.9. The van der Waals surface area contributed by atoms with Crippen molar-refractivity contribution in [2.75, 3.05) is 56.7 Å². The highest BCUT2D eigenvalue weighted by Crippen LogP contribution is 2.25. The molecule has 0 unspecified atom stereocenters. The average molecular weight is 423 g/mol. The van der Waals surface area contributed by atoms with E-state index in [0.29, 0.717) is 18.9 Å². The molecule has 0 bridgehead atoms. The number of benzene rings is 1. The molecule has 1 aliphatic rings. The average Bonchev–Trinajstić information content (AvgIpc) is 2.66. The Bertz CT molecular complexity index is 654. The maximum Gasteiger partial charge on any atom is 0.340 e. The Morgan fingerprint density at radius 1 is 1.19 bits per heavy atom. The molecule has 0 radical (unpaired) electrons. The van der Waals surface area contributed by atoms with Crippen molar-refractivity contribution in [1.29, 1.82) is 0 Å². The van der Waals surface area contributed by atoms with Crippen molar-refractivity contribution < 1.29 is 23.9 Å². The molecule has 1 aliphatic heterocycles. The first-order valence-electron chi connectivity index (χ1n) is 7.87. The Morgan fingerprint density at radius 2 is 1.85 bits per heavy atom. The molecule has 27 heavy (non-hydrogen) atoms. The minimum absolute atomic E-state index is 0. The van der Waals surface area contributed by atoms with Crippen molar-refractivity contribution in [2.24, 2.45) is 5.73 Å². The highest BCUT2D eigenvalue weighted by atomic mass is 35.5. The molecule has 0 saturated carbocycles. The second kappa shape index (κ2) is 12.3. The molecule has 0 aliphatic carbocycles. The number of rotatable bonds is 6. The lowest BCUT2D eigenvalue weighted by Gasteiger charge is -2.29. The standard InChI is InChI=1S/C16H22N4O5.2ClH/c1-24-16(23)12-8-11(20-4-6-25-7-5-20)2-3-13(12)19-15(22)10-18-14(21)9-17;;/h2-3,8H,4-7,9-10,17H2,1H3,(H,18,21)(H,19,22);2*1H. The first-order chi connectivity index (χ1) is 12.0. The molecule has 152 valence electrons. The summed E-state index contributed by atoms with van der Waals surface area (Å²) >= 11 is 0. The van der Waals surface area contributed by atoms with Gasteiger partial charge in [-0.25, -0.2) is 4.79 Å². The second-order valence-electron chi connectivity index (χ2n) is 5.35. The molecular formula is C16H24Cl2N4O5. The first-order valence-corrected chi connectivity index (χ1v) is 7.87. The van der Waals surface area contributed by atoms with Crippen LogP contribution in [0.1, 0.15) is 10.4 Å². The zero-order valence-electron chi connectivity index (χ0n) is 14.9. The Labute approximate surface area is 169 Å². The number of amides is 2. The Hall–Kier alpha value is -2.07. The van der Waals surface area contributed by atoms with Gasteiger partial charge in [0.05, 0.1) is 44.7 Å². The van der Waals surface area contributed by atoms with Gasteiger partial charge in [0.2, 0.25) is 11.8 Å². The van der Waals surface area contributed by atoms with Crippen LogP contribution >= 0.6 is 24.8 Å². The monoisotopic (exact) mass is 422 g/mol. The number of hydrogen-bond donors (Lipinski definition) is 3. The van der Waals surface area contributed by atoms with E-state index >= 15 is 0 Å². The molecule has 0 aromatic heterocycles. The number of nitrogens with two attached hydrogens (primary N) is 1. The third-order valence-electron chi connectivity index (χ3n) is 3.69. The quantitative estimate of drug-likeness (QED) is 0.558. The van der Waals surface area contributed by atoms with Crippen LogP contribution in [0.5, 0.6) is 0 Å². The van der Waals surface area contributed by atoms with Crippen molar-refractivity contribution in [2.45, 2.75) is 0 Å². The van der Waals surface area contributed by atoms with Crippen molar-refractivity contribution in [3.05, 3.63) is 23.8 Å². The molecule has 1 aromatic carbocycles. The number of methoxy groups -OCH3 is 1. The van der Waals surface area contributed by atoms with Gasteiger partial charge in [0, 0.05) is 18.8 Å². The molecule has 0 spiro atoms. The summed E-state index contributed by atoms with van der Waals surface area (Å²) in [5.74, 6) is -1.46. The van der Waals surface area contributed by atoms with E-state index in [0.717, 1.165) is 18.8 Å². The van der Waals surface area contributed by atoms with E-state index in [1.807, 2.05) is 6.07 Å². The second-order valence-corrected chi connectivity index (χ2v) is 5.35. The van der Waals surface area contributed by atoms with Crippen LogP contribution in [0.4, 0.5) is 11.4 Å². The summed E-state index contributed by atoms with van der Waals surface area (Å²) in [5.41, 5.74) is 6.56. The van der Waals surface area contributed by atoms with Gasteiger partial charge in [-0.1, -0.05) is 0 Å². The van der Waals surface area contributed by atoms with Gasteiger partial charge < -0.3 is 30.7 Å². The third-order valence-corrected chi connectivity index (χ3v) is 3.69. The van der Waals surface area contributed by atoms with Crippen molar-refractivity contribution in [3.8, 4) is 0 Å². The Morgan fingerprint density at radius 3 is 2.44 bits per heavy atom. The molecule has 1 saturated heterocycles. The minimum Gasteiger partial charge on any atom is -0.465 e. The molecule has 2 rings (SSSR count). The number of carbonyl (C=O) groups is 3. The van der Waals surface area contributed by atoms with E-state index in [2.05, 4.69) is 15.5 Å². The smallest absolute Gasteiger partial charge is 0.340 e. The van der Waals surface area contributed by atoms with Gasteiger partial charge in [-0.3, -0.25) is 9.59 Å². The lowest BCUT2D eigenvalue weighted by molar-refractivity contribution is -0.123. The maximum absolute atomic E-state index is 12.1. The lowest BCUT2D eigenvalue weighted by atomic mass is 10.1. The molecule has 11 heteroatoms. The number of ether oxygens (including phenoxy) is 2. The minimum atomic E-state index is -0.559. The molecular weight excluding hydrogens is 399 g/mol. The molecule has 2 amide bonds. The van der Waals surface area contributed by atoms with Crippen molar-refractivity contribution >= 4 is 54.0 Å². The largest absolute Gasteiger partial charge is 0.465 e. The number of anilines is 2. The van der Waals surface area contributed by atoms with Gasteiger partial charge in [0.15, 0.2) is 0 Å². The summed E-state index contributed by atoms with van der Waals surface area (Å²) < 4.78 is 10.1. The molecule has 0 atom stereocenters. The molecule has 1 heterocycles. The first kappa shape index (κ1) is 24.9. The predicted molar refractivity (Wildman–Crippen MR) is 106 cm³/mol. The fourth-order valence-electron chi connectivity index (χ4n) is 2.38. The van der Waals surface area contributed by atoms with Crippen LogP contribution in [0.3, 0.4) is 0 Å². The fourth-order valence-corrected chi connectivity index (χ4v) is 2.38. The van der Waals surface area contributed by atoms with Gasteiger partial charge in [0.1, 0.15) is 0 Å². The Balaban J connectivity index is 0.00000338. The topological polar surface area (TPSA) is 123 Å². The number of nitrogens with one attached hydrogen (secondary N) is 2. The number of hydrogen-bond acceptors (Lipinski definition) is 7. The molecule has 1 fully saturated rings. The highest BCUT2D eigenvalue weighted by molar-refractivity contribution is 6.03. The number of nitrogens with zero attached hydrogens (tertiary/aromatic N) is 1. The summed E-state index contributed by atoms with van der Waals surface area (Å²) in [6.45, 7) is 2.24. The molecule has 1 aromatic rings. The SMILES string of the molecule is COC(=O)c1cc(N2CCOCC2)ccc1NC(=O)CNC(=O)CN.Cl.Cl. The lowest BCUT2D eigenvalue weighted by Crippen LogP contribution is -2.37. The van der Waals surface area contributed by atoms with E-state index in [-0.39, 0.29) is 43.5 Å². The summed E-state index contributed by atoms with van der Waals surface area (Å²) in [4.78, 5) is 37.2. The summed E-state index contributed by atoms with van der Waals surface area (Å²) in [6.07, 6.45) is 0. The third kappa shape index (κ3) is 7.22. The van der Waals surface area contributed by atoms with Gasteiger partial charge >= 0.3 is 5.97 Å². The van der Waals surface area contributed by atoms with E-state index in [1.54, 1.807) is 12.1 Å². The van der Waals surface area contributed by atoms with Crippen LogP contribution in [-0.4, -0.2) is 64.3 Å². The van der Waals surface area contributed by atoms with E-state index in [9.17, 15) is 14.4 Å². The molecule has 9 nitrogen and oxygen atoms in total. The fraction of sp³-hybridized carbons (Fsp3) is 0.438. The van der Waals surface area contributed by atoms with Crippen LogP contribution in [0.2, 0.25) is 0 Å². The van der Waals surface area contributed by atoms with Crippen LogP contribution in [0, 0.1) is 0 Å². The highest BCUT2D eigenvalue weighted by Gasteiger charge is 2.18. The predicted octanol–water partition coefficient (Wildman–Crippen LogP) is 0.167. The maximum atomic E-state index is 12.1. The number of halogens is 2. The zero-order valence-corrected chi connectivity index (χ0v) is 16.5. The van der Waals surface area contributed by atoms with Crippen LogP contribution in [0.25, 0.3) is 0 Å². The number of esters is 1. The molecule has 4 N–H and O–H groups in total. The van der Waals surface area contributed by atoms with Crippen molar-refractivity contribution in [1.82, 2.24) is 5.32 Å². The van der Waals surface area contributed by atoms with E-state index in [1.165, 1.54) is 7.11 Å². The number of morpholine rings is 1. The Kier molecular flexibility index (Phi) is 11.4. The summed E-state index contributed by atoms with van der Waals surface area (Å²) in [6, 6.07) is 5.12. The van der Waals surface area contributed by atoms with Gasteiger partial charge in [-0.05, 0) is 18.2 Å². The number of carbonyl (C=O) groups excluding carboxylic acids is 3. The summed E-state index contributed by atoms with van der Waals surface area (Å²) in [7, 11) is 1.27. The van der Waals surface area contributed by atoms with Gasteiger partial charge in [-0.15, -0.1) is 24.8 Å². The van der Waals surface area contributed by atoms with Crippen LogP contribution in [0.15, 0.2) is 18.2 Å². The van der Waals surface area contributed by atoms with Gasteiger partial charge in [0.25, 0.3) is 0 Å². The summed E-state index contributed by atoms with van der Waals surface area (Å²) in [5, 5.41) is 4.96.